The van der Waals surface area contributed by atoms with Crippen LogP contribution in [0.25, 0.3) is 11.3 Å². The zero-order chi connectivity index (χ0) is 18.7. The zero-order valence-corrected chi connectivity index (χ0v) is 15.0. The zero-order valence-electron chi connectivity index (χ0n) is 15.0. The van der Waals surface area contributed by atoms with Crippen molar-refractivity contribution in [1.29, 1.82) is 0 Å². The second kappa shape index (κ2) is 7.76. The Balaban J connectivity index is 2.06. The predicted octanol–water partition coefficient (Wildman–Crippen LogP) is 1.88. The van der Waals surface area contributed by atoms with E-state index in [1.165, 1.54) is 14.0 Å². The number of amides is 1. The van der Waals surface area contributed by atoms with Gasteiger partial charge in [-0.3, -0.25) is 4.79 Å². The van der Waals surface area contributed by atoms with Crippen molar-refractivity contribution in [1.82, 2.24) is 10.1 Å². The fourth-order valence-corrected chi connectivity index (χ4v) is 2.90. The van der Waals surface area contributed by atoms with Gasteiger partial charge >= 0.3 is 0 Å². The third kappa shape index (κ3) is 3.38. The summed E-state index contributed by atoms with van der Waals surface area (Å²) in [5.41, 5.74) is 1.25. The Morgan fingerprint density at radius 2 is 1.92 bits per heavy atom. The van der Waals surface area contributed by atoms with Crippen molar-refractivity contribution in [2.45, 2.75) is 13.0 Å². The molecule has 1 saturated heterocycles. The van der Waals surface area contributed by atoms with E-state index < -0.39 is 6.10 Å². The molecule has 0 radical (unpaired) electrons. The summed E-state index contributed by atoms with van der Waals surface area (Å²) < 4.78 is 21.2. The summed E-state index contributed by atoms with van der Waals surface area (Å²) in [6, 6.07) is 5.22. The van der Waals surface area contributed by atoms with E-state index in [0.29, 0.717) is 49.1 Å². The smallest absolute Gasteiger partial charge is 0.260 e. The standard InChI is InChI=1S/C18H22N2O6/c1-11(21)17-15(18(22)20-6-8-25-9-7-20)16(19-26-17)12-4-5-13(23-2)14(10-12)24-3/h4-5,10-11,21H,6-9H2,1-3H3. The summed E-state index contributed by atoms with van der Waals surface area (Å²) >= 11 is 0. The van der Waals surface area contributed by atoms with Gasteiger partial charge in [0.2, 0.25) is 0 Å². The van der Waals surface area contributed by atoms with Gasteiger partial charge in [-0.25, -0.2) is 0 Å². The lowest BCUT2D eigenvalue weighted by atomic mass is 10.0. The van der Waals surface area contributed by atoms with Crippen LogP contribution in [0.2, 0.25) is 0 Å². The molecule has 1 aromatic carbocycles. The average Bonchev–Trinajstić information content (AvgIpc) is 3.12. The first kappa shape index (κ1) is 18.2. The minimum Gasteiger partial charge on any atom is -0.493 e. The van der Waals surface area contributed by atoms with E-state index in [4.69, 9.17) is 18.7 Å². The molecule has 0 spiro atoms. The van der Waals surface area contributed by atoms with Crippen LogP contribution in [0.1, 0.15) is 29.1 Å². The number of aromatic nitrogens is 1. The Morgan fingerprint density at radius 3 is 2.54 bits per heavy atom. The summed E-state index contributed by atoms with van der Waals surface area (Å²) in [6.45, 7) is 3.46. The molecule has 8 heteroatoms. The molecule has 1 aromatic heterocycles. The SMILES string of the molecule is COc1ccc(-c2noc(C(C)O)c2C(=O)N2CCOCC2)cc1OC. The van der Waals surface area contributed by atoms with E-state index in [0.717, 1.165) is 0 Å². The molecule has 1 atom stereocenters. The van der Waals surface area contributed by atoms with Crippen LogP contribution < -0.4 is 9.47 Å². The summed E-state index contributed by atoms with van der Waals surface area (Å²) in [7, 11) is 3.08. The molecular formula is C18H22N2O6. The van der Waals surface area contributed by atoms with E-state index in [2.05, 4.69) is 5.16 Å². The number of methoxy groups -OCH3 is 2. The minimum absolute atomic E-state index is 0.145. The van der Waals surface area contributed by atoms with Crippen molar-refractivity contribution in [2.24, 2.45) is 0 Å². The fraction of sp³-hybridized carbons (Fsp3) is 0.444. The highest BCUT2D eigenvalue weighted by atomic mass is 16.5. The maximum absolute atomic E-state index is 13.1. The molecule has 0 bridgehead atoms. The molecule has 2 heterocycles. The summed E-state index contributed by atoms with van der Waals surface area (Å²) in [6.07, 6.45) is -0.962. The second-order valence-corrected chi connectivity index (χ2v) is 5.92. The molecular weight excluding hydrogens is 340 g/mol. The van der Waals surface area contributed by atoms with Crippen molar-refractivity contribution >= 4 is 5.91 Å². The van der Waals surface area contributed by atoms with Crippen LogP contribution in [-0.2, 0) is 4.74 Å². The molecule has 26 heavy (non-hydrogen) atoms. The fourth-order valence-electron chi connectivity index (χ4n) is 2.90. The molecule has 8 nitrogen and oxygen atoms in total. The Bertz CT molecular complexity index is 780. The van der Waals surface area contributed by atoms with Gasteiger partial charge in [0.25, 0.3) is 5.91 Å². The van der Waals surface area contributed by atoms with E-state index in [9.17, 15) is 9.90 Å². The van der Waals surface area contributed by atoms with Gasteiger partial charge in [-0.1, -0.05) is 5.16 Å². The number of benzene rings is 1. The largest absolute Gasteiger partial charge is 0.493 e. The normalized spacial score (nSPS) is 15.6. The maximum Gasteiger partial charge on any atom is 0.260 e. The number of ether oxygens (including phenoxy) is 3. The number of carbonyl (C=O) groups excluding carboxylic acids is 1. The van der Waals surface area contributed by atoms with Gasteiger partial charge in [-0.15, -0.1) is 0 Å². The van der Waals surface area contributed by atoms with Crippen molar-refractivity contribution in [2.75, 3.05) is 40.5 Å². The summed E-state index contributed by atoms with van der Waals surface area (Å²) in [4.78, 5) is 14.7. The highest BCUT2D eigenvalue weighted by Crippen LogP contribution is 2.35. The molecule has 1 aliphatic rings. The van der Waals surface area contributed by atoms with Crippen molar-refractivity contribution in [3.8, 4) is 22.8 Å². The molecule has 1 N–H and O–H groups in total. The van der Waals surface area contributed by atoms with Gasteiger partial charge in [0.15, 0.2) is 17.3 Å². The topological polar surface area (TPSA) is 94.3 Å². The van der Waals surface area contributed by atoms with Crippen molar-refractivity contribution < 1.29 is 28.6 Å². The maximum atomic E-state index is 13.1. The molecule has 3 rings (SSSR count). The van der Waals surface area contributed by atoms with Gasteiger partial charge in [0, 0.05) is 18.7 Å². The Kier molecular flexibility index (Phi) is 5.43. The number of hydrogen-bond donors (Lipinski definition) is 1. The summed E-state index contributed by atoms with van der Waals surface area (Å²) in [5.74, 6) is 0.981. The van der Waals surface area contributed by atoms with E-state index >= 15 is 0 Å². The highest BCUT2D eigenvalue weighted by molar-refractivity contribution is 6.01. The van der Waals surface area contributed by atoms with Crippen LogP contribution in [0.5, 0.6) is 11.5 Å². The molecule has 0 aliphatic carbocycles. The molecule has 2 aromatic rings. The highest BCUT2D eigenvalue weighted by Gasteiger charge is 2.31. The van der Waals surface area contributed by atoms with Crippen LogP contribution in [0.4, 0.5) is 0 Å². The van der Waals surface area contributed by atoms with Crippen LogP contribution in [0.15, 0.2) is 22.7 Å². The molecule has 1 fully saturated rings. The second-order valence-electron chi connectivity index (χ2n) is 5.92. The number of nitrogens with zero attached hydrogens (tertiary/aromatic N) is 2. The van der Waals surface area contributed by atoms with Crippen LogP contribution >= 0.6 is 0 Å². The molecule has 1 amide bonds. The van der Waals surface area contributed by atoms with Crippen LogP contribution in [0, 0.1) is 0 Å². The third-order valence-corrected chi connectivity index (χ3v) is 4.27. The monoisotopic (exact) mass is 362 g/mol. The van der Waals surface area contributed by atoms with Gasteiger partial charge < -0.3 is 28.7 Å². The van der Waals surface area contributed by atoms with Crippen LogP contribution in [0.3, 0.4) is 0 Å². The van der Waals surface area contributed by atoms with Gasteiger partial charge in [-0.05, 0) is 25.1 Å². The van der Waals surface area contributed by atoms with Gasteiger partial charge in [0.05, 0.1) is 27.4 Å². The molecule has 1 aliphatic heterocycles. The quantitative estimate of drug-likeness (QED) is 0.868. The third-order valence-electron chi connectivity index (χ3n) is 4.27. The van der Waals surface area contributed by atoms with E-state index in [1.807, 2.05) is 0 Å². The average molecular weight is 362 g/mol. The van der Waals surface area contributed by atoms with E-state index in [1.54, 1.807) is 30.2 Å². The number of carbonyl (C=O) groups is 1. The number of hydrogen-bond acceptors (Lipinski definition) is 7. The molecule has 140 valence electrons. The van der Waals surface area contributed by atoms with Gasteiger partial charge in [-0.2, -0.15) is 0 Å². The summed E-state index contributed by atoms with van der Waals surface area (Å²) in [5, 5.41) is 14.1. The van der Waals surface area contributed by atoms with Crippen LogP contribution in [-0.4, -0.2) is 61.6 Å². The first-order valence-corrected chi connectivity index (χ1v) is 8.33. The molecule has 0 saturated carbocycles. The Labute approximate surface area is 151 Å². The first-order chi connectivity index (χ1) is 12.6. The molecule has 1 unspecified atom stereocenters. The number of morpholine rings is 1. The predicted molar refractivity (Wildman–Crippen MR) is 92.4 cm³/mol. The first-order valence-electron chi connectivity index (χ1n) is 8.33. The van der Waals surface area contributed by atoms with E-state index in [-0.39, 0.29) is 17.2 Å². The lowest BCUT2D eigenvalue weighted by Crippen LogP contribution is -2.41. The minimum atomic E-state index is -0.962. The Morgan fingerprint density at radius 1 is 1.23 bits per heavy atom. The Hall–Kier alpha value is -2.58. The number of aliphatic hydroxyl groups is 1. The van der Waals surface area contributed by atoms with Gasteiger partial charge in [0.1, 0.15) is 17.4 Å². The lowest BCUT2D eigenvalue weighted by molar-refractivity contribution is 0.0298. The van der Waals surface area contributed by atoms with Crippen molar-refractivity contribution in [3.63, 3.8) is 0 Å². The van der Waals surface area contributed by atoms with Crippen molar-refractivity contribution in [3.05, 3.63) is 29.5 Å². The number of rotatable bonds is 5. The lowest BCUT2D eigenvalue weighted by Gasteiger charge is -2.27. The number of aliphatic hydroxyl groups excluding tert-OH is 1.